The quantitative estimate of drug-likeness (QED) is 0.192. The maximum Gasteiger partial charge on any atom is 0.0541 e. The van der Waals surface area contributed by atoms with Gasteiger partial charge in [-0.3, -0.25) is 0 Å². The van der Waals surface area contributed by atoms with Gasteiger partial charge in [-0.05, 0) is 91.2 Å². The first kappa shape index (κ1) is 25.6. The first-order valence-electron chi connectivity index (χ1n) is 15.1. The fraction of sp³-hybridized carbons (Fsp3) is 0.0952. The molecule has 8 rings (SSSR count). The molecule has 0 aliphatic carbocycles. The van der Waals surface area contributed by atoms with Crippen LogP contribution in [0.2, 0.25) is 0 Å². The van der Waals surface area contributed by atoms with E-state index in [9.17, 15) is 0 Å². The van der Waals surface area contributed by atoms with Crippen LogP contribution in [0.1, 0.15) is 26.3 Å². The van der Waals surface area contributed by atoms with Crippen molar-refractivity contribution in [3.8, 4) is 27.9 Å². The Hall–Kier alpha value is -5.14. The Kier molecular flexibility index (Phi) is 5.77. The molecule has 0 aliphatic heterocycles. The molecule has 1 aromatic heterocycles. The normalized spacial score (nSPS) is 12.1. The molecule has 8 aromatic rings. The third-order valence-electron chi connectivity index (χ3n) is 8.93. The van der Waals surface area contributed by atoms with Gasteiger partial charge in [-0.1, -0.05) is 130 Å². The van der Waals surface area contributed by atoms with E-state index in [0.717, 1.165) is 0 Å². The van der Waals surface area contributed by atoms with E-state index in [-0.39, 0.29) is 5.41 Å². The van der Waals surface area contributed by atoms with Gasteiger partial charge in [-0.15, -0.1) is 0 Å². The third kappa shape index (κ3) is 4.07. The summed E-state index contributed by atoms with van der Waals surface area (Å²) in [6.07, 6.45) is 0. The molecule has 0 fully saturated rings. The molecule has 206 valence electrons. The van der Waals surface area contributed by atoms with Crippen molar-refractivity contribution in [3.63, 3.8) is 0 Å². The number of rotatable bonds is 3. The molecule has 0 radical (unpaired) electrons. The SMILES string of the molecule is CC(C)(C)c1ccc2c(c1)c1cc(-c3c4ccccc4c(-c4ccccc4)c4ccccc34)ccc1n2-c1ccccc1. The molecule has 0 aliphatic rings. The lowest BCUT2D eigenvalue weighted by molar-refractivity contribution is 0.591. The molecule has 0 atom stereocenters. The summed E-state index contributed by atoms with van der Waals surface area (Å²) in [5.41, 5.74) is 10.1. The first-order chi connectivity index (χ1) is 21.0. The summed E-state index contributed by atoms with van der Waals surface area (Å²) < 4.78 is 2.41. The van der Waals surface area contributed by atoms with Crippen LogP contribution in [-0.4, -0.2) is 4.57 Å². The van der Waals surface area contributed by atoms with E-state index in [1.807, 2.05) is 0 Å². The van der Waals surface area contributed by atoms with Gasteiger partial charge < -0.3 is 4.57 Å². The monoisotopic (exact) mass is 551 g/mol. The van der Waals surface area contributed by atoms with Crippen LogP contribution in [0, 0.1) is 0 Å². The van der Waals surface area contributed by atoms with Crippen LogP contribution in [0.3, 0.4) is 0 Å². The predicted molar refractivity (Wildman–Crippen MR) is 185 cm³/mol. The van der Waals surface area contributed by atoms with Crippen molar-refractivity contribution in [2.45, 2.75) is 26.2 Å². The predicted octanol–water partition coefficient (Wildman–Crippen LogP) is 11.7. The topological polar surface area (TPSA) is 4.93 Å². The minimum absolute atomic E-state index is 0.0621. The number of fused-ring (bicyclic) bond motifs is 5. The Morgan fingerprint density at radius 1 is 0.395 bits per heavy atom. The second-order valence-corrected chi connectivity index (χ2v) is 12.6. The zero-order chi connectivity index (χ0) is 29.1. The highest BCUT2D eigenvalue weighted by Crippen LogP contribution is 2.45. The Morgan fingerprint density at radius 2 is 0.860 bits per heavy atom. The first-order valence-corrected chi connectivity index (χ1v) is 15.1. The van der Waals surface area contributed by atoms with E-state index < -0.39 is 0 Å². The average molecular weight is 552 g/mol. The van der Waals surface area contributed by atoms with Crippen LogP contribution in [0.25, 0.3) is 71.3 Å². The van der Waals surface area contributed by atoms with Crippen molar-refractivity contribution in [2.24, 2.45) is 0 Å². The van der Waals surface area contributed by atoms with Gasteiger partial charge in [0.25, 0.3) is 0 Å². The lowest BCUT2D eigenvalue weighted by atomic mass is 9.85. The fourth-order valence-corrected chi connectivity index (χ4v) is 6.86. The molecule has 7 aromatic carbocycles. The van der Waals surface area contributed by atoms with E-state index in [4.69, 9.17) is 0 Å². The zero-order valence-electron chi connectivity index (χ0n) is 24.8. The third-order valence-corrected chi connectivity index (χ3v) is 8.93. The average Bonchev–Trinajstić information content (AvgIpc) is 3.37. The molecular weight excluding hydrogens is 518 g/mol. The smallest absolute Gasteiger partial charge is 0.0541 e. The van der Waals surface area contributed by atoms with Gasteiger partial charge in [0.2, 0.25) is 0 Å². The lowest BCUT2D eigenvalue weighted by Crippen LogP contribution is -2.10. The Bertz CT molecular complexity index is 2240. The van der Waals surface area contributed by atoms with E-state index >= 15 is 0 Å². The van der Waals surface area contributed by atoms with Crippen molar-refractivity contribution < 1.29 is 0 Å². The maximum atomic E-state index is 2.43. The van der Waals surface area contributed by atoms with Gasteiger partial charge in [0, 0.05) is 16.5 Å². The maximum absolute atomic E-state index is 2.43. The number of aromatic nitrogens is 1. The second-order valence-electron chi connectivity index (χ2n) is 12.6. The van der Waals surface area contributed by atoms with Crippen LogP contribution in [0.15, 0.2) is 146 Å². The van der Waals surface area contributed by atoms with Crippen molar-refractivity contribution in [1.82, 2.24) is 4.57 Å². The van der Waals surface area contributed by atoms with Gasteiger partial charge in [0.1, 0.15) is 0 Å². The van der Waals surface area contributed by atoms with E-state index in [1.54, 1.807) is 0 Å². The number of para-hydroxylation sites is 1. The summed E-state index contributed by atoms with van der Waals surface area (Å²) >= 11 is 0. The van der Waals surface area contributed by atoms with Gasteiger partial charge in [0.05, 0.1) is 11.0 Å². The molecule has 0 amide bonds. The second kappa shape index (κ2) is 9.71. The fourth-order valence-electron chi connectivity index (χ4n) is 6.86. The summed E-state index contributed by atoms with van der Waals surface area (Å²) in [5, 5.41) is 7.70. The highest BCUT2D eigenvalue weighted by molar-refractivity contribution is 6.22. The van der Waals surface area contributed by atoms with Crippen LogP contribution >= 0.6 is 0 Å². The molecule has 0 N–H and O–H groups in total. The van der Waals surface area contributed by atoms with Crippen LogP contribution in [-0.2, 0) is 5.41 Å². The zero-order valence-corrected chi connectivity index (χ0v) is 24.8. The molecule has 0 saturated heterocycles. The number of nitrogens with zero attached hydrogens (tertiary/aromatic N) is 1. The number of benzene rings is 7. The van der Waals surface area contributed by atoms with Gasteiger partial charge >= 0.3 is 0 Å². The van der Waals surface area contributed by atoms with Crippen molar-refractivity contribution in [1.29, 1.82) is 0 Å². The lowest BCUT2D eigenvalue weighted by Gasteiger charge is -2.19. The van der Waals surface area contributed by atoms with E-state index in [2.05, 4.69) is 171 Å². The largest absolute Gasteiger partial charge is 0.309 e. The van der Waals surface area contributed by atoms with Crippen LogP contribution in [0.5, 0.6) is 0 Å². The van der Waals surface area contributed by atoms with Gasteiger partial charge in [-0.2, -0.15) is 0 Å². The number of hydrogen-bond acceptors (Lipinski definition) is 0. The highest BCUT2D eigenvalue weighted by atomic mass is 15.0. The molecule has 1 heterocycles. The standard InChI is InChI=1S/C42H33N/c1-42(2,3)30-23-25-39-37(27-30)36-26-29(22-24-38(36)43(39)31-16-8-5-9-17-31)41-34-20-12-10-18-32(34)40(28-14-6-4-7-15-28)33-19-11-13-21-35(33)41/h4-27H,1-3H3. The van der Waals surface area contributed by atoms with Crippen molar-refractivity contribution in [2.75, 3.05) is 0 Å². The molecule has 0 unspecified atom stereocenters. The summed E-state index contributed by atoms with van der Waals surface area (Å²) in [5.74, 6) is 0. The van der Waals surface area contributed by atoms with Gasteiger partial charge in [0.15, 0.2) is 0 Å². The molecule has 0 spiro atoms. The Balaban J connectivity index is 1.48. The molecule has 0 bridgehead atoms. The molecule has 0 saturated carbocycles. The summed E-state index contributed by atoms with van der Waals surface area (Å²) in [6.45, 7) is 6.88. The number of hydrogen-bond donors (Lipinski definition) is 0. The molecule has 1 heteroatoms. The molecule has 43 heavy (non-hydrogen) atoms. The minimum Gasteiger partial charge on any atom is -0.309 e. The van der Waals surface area contributed by atoms with Crippen LogP contribution < -0.4 is 0 Å². The highest BCUT2D eigenvalue weighted by Gasteiger charge is 2.20. The van der Waals surface area contributed by atoms with Crippen molar-refractivity contribution >= 4 is 43.4 Å². The molecule has 1 nitrogen and oxygen atoms in total. The minimum atomic E-state index is 0.0621. The van der Waals surface area contributed by atoms with E-state index in [0.29, 0.717) is 0 Å². The Morgan fingerprint density at radius 3 is 1.42 bits per heavy atom. The Labute approximate surface area is 252 Å². The summed E-state index contributed by atoms with van der Waals surface area (Å²) in [7, 11) is 0. The van der Waals surface area contributed by atoms with Crippen molar-refractivity contribution in [3.05, 3.63) is 151 Å². The van der Waals surface area contributed by atoms with E-state index in [1.165, 1.54) is 76.9 Å². The molecular formula is C42H33N. The van der Waals surface area contributed by atoms with Crippen LogP contribution in [0.4, 0.5) is 0 Å². The van der Waals surface area contributed by atoms with Gasteiger partial charge in [-0.25, -0.2) is 0 Å². The summed E-state index contributed by atoms with van der Waals surface area (Å²) in [4.78, 5) is 0. The summed E-state index contributed by atoms with van der Waals surface area (Å²) in [6, 6.07) is 53.5.